The summed E-state index contributed by atoms with van der Waals surface area (Å²) in [5.74, 6) is 8.39. The zero-order chi connectivity index (χ0) is 57.3. The summed E-state index contributed by atoms with van der Waals surface area (Å²) in [6, 6.07) is 58.7. The Balaban J connectivity index is 0.000000216. The molecule has 0 atom stereocenters. The first kappa shape index (κ1) is 60.0. The van der Waals surface area contributed by atoms with Gasteiger partial charge in [0.1, 0.15) is 70.7 Å². The lowest BCUT2D eigenvalue weighted by Crippen LogP contribution is -2.08. The highest BCUT2D eigenvalue weighted by molar-refractivity contribution is 9.10. The molecular formula is C72H77BrO9. The van der Waals surface area contributed by atoms with E-state index in [1.807, 2.05) is 127 Å². The molecule has 0 spiro atoms. The quantitative estimate of drug-likeness (QED) is 0.0426. The van der Waals surface area contributed by atoms with E-state index in [4.69, 9.17) is 42.3 Å². The zero-order valence-corrected chi connectivity index (χ0v) is 49.9. The van der Waals surface area contributed by atoms with E-state index in [1.54, 1.807) is 12.5 Å². The summed E-state index contributed by atoms with van der Waals surface area (Å²) in [6.45, 7) is 15.9. The van der Waals surface area contributed by atoms with Gasteiger partial charge in [-0.25, -0.2) is 0 Å². The topological polar surface area (TPSA) is 87.0 Å². The molecule has 0 unspecified atom stereocenters. The first-order valence-electron chi connectivity index (χ1n) is 28.8. The van der Waals surface area contributed by atoms with Crippen molar-refractivity contribution in [1.29, 1.82) is 0 Å². The molecule has 0 radical (unpaired) electrons. The van der Waals surface area contributed by atoms with Gasteiger partial charge in [0.25, 0.3) is 0 Å². The Bertz CT molecular complexity index is 3360. The number of furan rings is 1. The largest absolute Gasteiger partial charge is 0.493 e. The lowest BCUT2D eigenvalue weighted by Gasteiger charge is -2.18. The van der Waals surface area contributed by atoms with Gasteiger partial charge in [0.15, 0.2) is 0 Å². The molecule has 8 aromatic carbocycles. The van der Waals surface area contributed by atoms with Gasteiger partial charge >= 0.3 is 0 Å². The van der Waals surface area contributed by atoms with Crippen LogP contribution in [0.4, 0.5) is 0 Å². The molecule has 0 aliphatic rings. The monoisotopic (exact) mass is 1160 g/mol. The number of rotatable bonds is 29. The van der Waals surface area contributed by atoms with E-state index >= 15 is 0 Å². The average molecular weight is 1170 g/mol. The van der Waals surface area contributed by atoms with Crippen molar-refractivity contribution in [3.05, 3.63) is 237 Å². The second kappa shape index (κ2) is 31.8. The Morgan fingerprint density at radius 1 is 0.390 bits per heavy atom. The fourth-order valence-corrected chi connectivity index (χ4v) is 9.82. The lowest BCUT2D eigenvalue weighted by atomic mass is 10.0. The van der Waals surface area contributed by atoms with Crippen LogP contribution >= 0.6 is 15.9 Å². The molecule has 1 heterocycles. The molecule has 0 fully saturated rings. The molecule has 0 bridgehead atoms. The summed E-state index contributed by atoms with van der Waals surface area (Å²) in [5, 5.41) is 0. The number of hydrogen-bond acceptors (Lipinski definition) is 9. The van der Waals surface area contributed by atoms with Crippen molar-refractivity contribution >= 4 is 15.9 Å². The maximum atomic E-state index is 6.32. The number of aryl methyl sites for hydroxylation is 4. The van der Waals surface area contributed by atoms with Crippen molar-refractivity contribution in [3.8, 4) is 68.6 Å². The summed E-state index contributed by atoms with van der Waals surface area (Å²) in [4.78, 5) is 0. The minimum Gasteiger partial charge on any atom is -0.493 e. The third-order valence-electron chi connectivity index (χ3n) is 13.8. The van der Waals surface area contributed by atoms with Crippen molar-refractivity contribution in [2.24, 2.45) is 0 Å². The van der Waals surface area contributed by atoms with Gasteiger partial charge in [-0.3, -0.25) is 0 Å². The normalized spacial score (nSPS) is 10.8. The summed E-state index contributed by atoms with van der Waals surface area (Å²) in [7, 11) is 0. The highest BCUT2D eigenvalue weighted by Crippen LogP contribution is 2.40. The molecule has 0 saturated carbocycles. The van der Waals surface area contributed by atoms with E-state index in [0.29, 0.717) is 39.6 Å². The van der Waals surface area contributed by atoms with Crippen LogP contribution in [0.25, 0.3) is 11.1 Å². The molecule has 0 N–H and O–H groups in total. The number of hydrogen-bond donors (Lipinski definition) is 0. The van der Waals surface area contributed by atoms with E-state index in [2.05, 4.69) is 106 Å². The average Bonchev–Trinajstić information content (AvgIpc) is 4.06. The highest BCUT2D eigenvalue weighted by Gasteiger charge is 2.18. The smallest absolute Gasteiger partial charge is 0.137 e. The molecule has 10 heteroatoms. The summed E-state index contributed by atoms with van der Waals surface area (Å²) >= 11 is 3.65. The summed E-state index contributed by atoms with van der Waals surface area (Å²) in [5.41, 5.74) is 10.9. The number of ether oxygens (including phenoxy) is 8. The van der Waals surface area contributed by atoms with Crippen molar-refractivity contribution in [1.82, 2.24) is 0 Å². The van der Waals surface area contributed by atoms with Crippen LogP contribution in [0, 0.1) is 13.8 Å². The Hall–Kier alpha value is -8.08. The van der Waals surface area contributed by atoms with Crippen LogP contribution in [-0.4, -0.2) is 26.4 Å². The lowest BCUT2D eigenvalue weighted by molar-refractivity contribution is 0.242. The van der Waals surface area contributed by atoms with Crippen LogP contribution in [-0.2, 0) is 38.9 Å². The van der Waals surface area contributed by atoms with Crippen LogP contribution in [0.1, 0.15) is 97.9 Å². The van der Waals surface area contributed by atoms with Crippen LogP contribution in [0.2, 0.25) is 0 Å². The van der Waals surface area contributed by atoms with Crippen LogP contribution < -0.4 is 37.9 Å². The van der Waals surface area contributed by atoms with Gasteiger partial charge in [0.05, 0.1) is 43.4 Å². The highest BCUT2D eigenvalue weighted by atomic mass is 79.9. The Morgan fingerprint density at radius 3 is 1.28 bits per heavy atom. The Kier molecular flexibility index (Phi) is 23.3. The standard InChI is InChI=1S/C38H40O5.C34H37BrO4/c1-4-13-32-35(18-11-19-36(32)43-34-17-10-9-14-28(34)3)40-21-12-22-41-37-25-38(42-26-29-15-7-6-8-16-29)33(24-30(37)5-2)31-20-23-39-27-31;1-4-13-28-31(18-11-19-32(28)39-30-17-10-9-14-25(30)3)36-20-12-21-37-33-23-34(29(35)22-27(33)5-2)38-24-26-15-7-6-8-16-26/h6-11,14-20,23-25,27H,4-5,12-13,21-22,26H2,1-3H3;6-11,14-19,22-23H,4-5,12-13,20-21,24H2,1-3H3. The van der Waals surface area contributed by atoms with Gasteiger partial charge in [-0.15, -0.1) is 0 Å². The van der Waals surface area contributed by atoms with Crippen LogP contribution in [0.3, 0.4) is 0 Å². The van der Waals surface area contributed by atoms with E-state index in [-0.39, 0.29) is 0 Å². The second-order valence-corrected chi connectivity index (χ2v) is 20.8. The number of halogens is 1. The van der Waals surface area contributed by atoms with Gasteiger partial charge in [-0.2, -0.15) is 0 Å². The van der Waals surface area contributed by atoms with Crippen molar-refractivity contribution in [3.63, 3.8) is 0 Å². The summed E-state index contributed by atoms with van der Waals surface area (Å²) < 4.78 is 56.3. The summed E-state index contributed by atoms with van der Waals surface area (Å²) in [6.07, 6.45) is 10.4. The van der Waals surface area contributed by atoms with E-state index < -0.39 is 0 Å². The van der Waals surface area contributed by atoms with E-state index in [1.165, 1.54) is 0 Å². The minimum atomic E-state index is 0.469. The second-order valence-electron chi connectivity index (χ2n) is 19.9. The molecule has 0 saturated heterocycles. The molecule has 82 heavy (non-hydrogen) atoms. The van der Waals surface area contributed by atoms with Crippen molar-refractivity contribution < 1.29 is 42.3 Å². The van der Waals surface area contributed by atoms with Gasteiger partial charge in [0, 0.05) is 47.2 Å². The van der Waals surface area contributed by atoms with Crippen molar-refractivity contribution in [2.75, 3.05) is 26.4 Å². The first-order chi connectivity index (χ1) is 40.2. The first-order valence-corrected chi connectivity index (χ1v) is 29.6. The predicted octanol–water partition coefficient (Wildman–Crippen LogP) is 19.5. The molecule has 9 nitrogen and oxygen atoms in total. The maximum Gasteiger partial charge on any atom is 0.137 e. The van der Waals surface area contributed by atoms with Gasteiger partial charge in [-0.05, 0) is 143 Å². The van der Waals surface area contributed by atoms with Crippen LogP contribution in [0.5, 0.6) is 57.5 Å². The van der Waals surface area contributed by atoms with E-state index in [0.717, 1.165) is 169 Å². The maximum absolute atomic E-state index is 6.32. The molecule has 9 rings (SSSR count). The van der Waals surface area contributed by atoms with Gasteiger partial charge < -0.3 is 42.3 Å². The molecule has 0 aliphatic heterocycles. The van der Waals surface area contributed by atoms with Crippen molar-refractivity contribution in [2.45, 2.75) is 106 Å². The Morgan fingerprint density at radius 2 is 0.817 bits per heavy atom. The molecular weight excluding hydrogens is 1090 g/mol. The minimum absolute atomic E-state index is 0.469. The van der Waals surface area contributed by atoms with Crippen LogP contribution in [0.15, 0.2) is 197 Å². The molecule has 9 aromatic rings. The third-order valence-corrected chi connectivity index (χ3v) is 14.4. The van der Waals surface area contributed by atoms with Gasteiger partial charge in [0.2, 0.25) is 0 Å². The molecule has 1 aromatic heterocycles. The number of benzene rings is 8. The fourth-order valence-electron chi connectivity index (χ4n) is 9.32. The number of para-hydroxylation sites is 2. The van der Waals surface area contributed by atoms with Gasteiger partial charge in [-0.1, -0.05) is 150 Å². The fraction of sp³-hybridized carbons (Fsp3) is 0.278. The predicted molar refractivity (Wildman–Crippen MR) is 333 cm³/mol. The van der Waals surface area contributed by atoms with E-state index in [9.17, 15) is 0 Å². The zero-order valence-electron chi connectivity index (χ0n) is 48.3. The SMILES string of the molecule is CCCc1c(OCCCOc2cc(OCc3ccccc3)c(-c3ccoc3)cc2CC)cccc1Oc1ccccc1C.CCCc1c(OCCCOc2cc(OCc3ccccc3)c(Br)cc2CC)cccc1Oc1ccccc1C. The molecule has 0 amide bonds. The molecule has 0 aliphatic carbocycles. The third kappa shape index (κ3) is 17.2. The Labute approximate surface area is 494 Å². The molecule has 426 valence electrons.